The smallest absolute Gasteiger partial charge is 0.157 e. The number of hydrogen-bond acceptors (Lipinski definition) is 3. The lowest BCUT2D eigenvalue weighted by Crippen LogP contribution is -2.07. The Kier molecular flexibility index (Phi) is 2.23. The van der Waals surface area contributed by atoms with Crippen molar-refractivity contribution in [2.75, 3.05) is 11.5 Å². The molecule has 1 aliphatic heterocycles. The van der Waals surface area contributed by atoms with E-state index < -0.39 is 9.84 Å². The predicted octanol–water partition coefficient (Wildman–Crippen LogP) is 1.52. The van der Waals surface area contributed by atoms with Crippen LogP contribution in [0.5, 0.6) is 0 Å². The minimum absolute atomic E-state index is 0.303. The van der Waals surface area contributed by atoms with Gasteiger partial charge in [-0.25, -0.2) is 8.42 Å². The van der Waals surface area contributed by atoms with Gasteiger partial charge in [-0.1, -0.05) is 12.1 Å². The van der Waals surface area contributed by atoms with E-state index in [1.54, 1.807) is 12.1 Å². The lowest BCUT2D eigenvalue weighted by Gasteiger charge is -2.09. The molecule has 0 saturated carbocycles. The Morgan fingerprint density at radius 3 is 2.36 bits per heavy atom. The third kappa shape index (κ3) is 1.62. The molecular formula is C10H13NO2S. The van der Waals surface area contributed by atoms with Gasteiger partial charge in [0.2, 0.25) is 0 Å². The van der Waals surface area contributed by atoms with Gasteiger partial charge in [-0.05, 0) is 30.5 Å². The number of benzene rings is 1. The van der Waals surface area contributed by atoms with E-state index in [0.29, 0.717) is 11.4 Å². The van der Waals surface area contributed by atoms with E-state index in [1.807, 2.05) is 12.1 Å². The van der Waals surface area contributed by atoms with Crippen LogP contribution in [0.4, 0.5) is 5.69 Å². The molecule has 2 N–H and O–H groups in total. The lowest BCUT2D eigenvalue weighted by atomic mass is 10.1. The molecule has 0 bridgehead atoms. The molecule has 1 saturated heterocycles. The van der Waals surface area contributed by atoms with Crippen LogP contribution >= 0.6 is 0 Å². The molecular weight excluding hydrogens is 198 g/mol. The summed E-state index contributed by atoms with van der Waals surface area (Å²) in [6, 6.07) is 7.12. The molecule has 0 spiro atoms. The molecule has 0 radical (unpaired) electrons. The minimum atomic E-state index is -2.89. The first-order chi connectivity index (χ1) is 6.59. The van der Waals surface area contributed by atoms with Crippen molar-refractivity contribution in [1.29, 1.82) is 0 Å². The van der Waals surface area contributed by atoms with Crippen LogP contribution in [0.2, 0.25) is 0 Å². The zero-order valence-electron chi connectivity index (χ0n) is 7.81. The maximum atomic E-state index is 11.6. The summed E-state index contributed by atoms with van der Waals surface area (Å²) < 4.78 is 23.2. The molecule has 3 nitrogen and oxygen atoms in total. The second-order valence-electron chi connectivity index (χ2n) is 3.66. The number of sulfone groups is 1. The van der Waals surface area contributed by atoms with Gasteiger partial charge in [-0.3, -0.25) is 0 Å². The van der Waals surface area contributed by atoms with E-state index in [0.717, 1.165) is 18.4 Å². The molecule has 2 rings (SSSR count). The summed E-state index contributed by atoms with van der Waals surface area (Å²) in [5, 5.41) is -0.303. The molecule has 1 fully saturated rings. The van der Waals surface area contributed by atoms with Crippen LogP contribution in [0.1, 0.15) is 23.7 Å². The van der Waals surface area contributed by atoms with Gasteiger partial charge in [-0.15, -0.1) is 0 Å². The van der Waals surface area contributed by atoms with E-state index in [4.69, 9.17) is 5.73 Å². The fraction of sp³-hybridized carbons (Fsp3) is 0.400. The maximum absolute atomic E-state index is 11.6. The Hall–Kier alpha value is -1.03. The Labute approximate surface area is 83.9 Å². The topological polar surface area (TPSA) is 60.2 Å². The zero-order chi connectivity index (χ0) is 10.2. The molecule has 14 heavy (non-hydrogen) atoms. The fourth-order valence-electron chi connectivity index (χ4n) is 1.88. The van der Waals surface area contributed by atoms with Gasteiger partial charge in [0.15, 0.2) is 9.84 Å². The first kappa shape index (κ1) is 9.52. The highest BCUT2D eigenvalue weighted by Gasteiger charge is 2.32. The quantitative estimate of drug-likeness (QED) is 0.716. The van der Waals surface area contributed by atoms with Crippen LogP contribution in [0, 0.1) is 0 Å². The minimum Gasteiger partial charge on any atom is -0.399 e. The van der Waals surface area contributed by atoms with Crippen molar-refractivity contribution in [3.05, 3.63) is 29.8 Å². The number of hydrogen-bond donors (Lipinski definition) is 1. The van der Waals surface area contributed by atoms with Crippen LogP contribution in [-0.2, 0) is 9.84 Å². The summed E-state index contributed by atoms with van der Waals surface area (Å²) >= 11 is 0. The standard InChI is InChI=1S/C10H13NO2S/c11-9-5-3-8(4-6-9)10-2-1-7-14(10,12)13/h3-6,10H,1-2,7,11H2. The molecule has 1 heterocycles. The van der Waals surface area contributed by atoms with E-state index in [9.17, 15) is 8.42 Å². The van der Waals surface area contributed by atoms with E-state index in [-0.39, 0.29) is 5.25 Å². The fourth-order valence-corrected chi connectivity index (χ4v) is 3.83. The van der Waals surface area contributed by atoms with Gasteiger partial charge in [0, 0.05) is 5.69 Å². The van der Waals surface area contributed by atoms with Gasteiger partial charge >= 0.3 is 0 Å². The van der Waals surface area contributed by atoms with Gasteiger partial charge in [-0.2, -0.15) is 0 Å². The van der Waals surface area contributed by atoms with Gasteiger partial charge in [0.25, 0.3) is 0 Å². The lowest BCUT2D eigenvalue weighted by molar-refractivity contribution is 0.592. The summed E-state index contributed by atoms with van der Waals surface area (Å²) in [5.41, 5.74) is 7.09. The molecule has 0 amide bonds. The van der Waals surface area contributed by atoms with Gasteiger partial charge < -0.3 is 5.73 Å². The van der Waals surface area contributed by atoms with E-state index in [2.05, 4.69) is 0 Å². The van der Waals surface area contributed by atoms with Crippen LogP contribution < -0.4 is 5.73 Å². The monoisotopic (exact) mass is 211 g/mol. The van der Waals surface area contributed by atoms with Crippen molar-refractivity contribution in [3.8, 4) is 0 Å². The molecule has 76 valence electrons. The molecule has 1 unspecified atom stereocenters. The molecule has 0 aliphatic carbocycles. The van der Waals surface area contributed by atoms with E-state index in [1.165, 1.54) is 0 Å². The Bertz CT molecular complexity index is 422. The van der Waals surface area contributed by atoms with Crippen molar-refractivity contribution < 1.29 is 8.42 Å². The highest BCUT2D eigenvalue weighted by atomic mass is 32.2. The summed E-state index contributed by atoms with van der Waals surface area (Å²) in [7, 11) is -2.89. The maximum Gasteiger partial charge on any atom is 0.157 e. The van der Waals surface area contributed by atoms with Crippen molar-refractivity contribution in [3.63, 3.8) is 0 Å². The summed E-state index contributed by atoms with van der Waals surface area (Å²) in [4.78, 5) is 0. The SMILES string of the molecule is Nc1ccc(C2CCCS2(=O)=O)cc1. The van der Waals surface area contributed by atoms with Crippen LogP contribution in [0.3, 0.4) is 0 Å². The predicted molar refractivity (Wildman–Crippen MR) is 56.6 cm³/mol. The number of anilines is 1. The summed E-state index contributed by atoms with van der Waals surface area (Å²) in [5.74, 6) is 0.321. The normalized spacial score (nSPS) is 25.0. The molecule has 1 aliphatic rings. The number of rotatable bonds is 1. The van der Waals surface area contributed by atoms with Crippen molar-refractivity contribution in [1.82, 2.24) is 0 Å². The first-order valence-electron chi connectivity index (χ1n) is 4.66. The highest BCUT2D eigenvalue weighted by Crippen LogP contribution is 2.34. The second kappa shape index (κ2) is 3.28. The molecule has 1 aromatic carbocycles. The van der Waals surface area contributed by atoms with Crippen LogP contribution in [0.15, 0.2) is 24.3 Å². The number of nitrogens with two attached hydrogens (primary N) is 1. The third-order valence-electron chi connectivity index (χ3n) is 2.64. The third-order valence-corrected chi connectivity index (χ3v) is 4.87. The molecule has 4 heteroatoms. The molecule has 1 aromatic rings. The molecule has 0 aromatic heterocycles. The summed E-state index contributed by atoms with van der Waals surface area (Å²) in [6.07, 6.45) is 1.52. The summed E-state index contributed by atoms with van der Waals surface area (Å²) in [6.45, 7) is 0. The molecule has 1 atom stereocenters. The first-order valence-corrected chi connectivity index (χ1v) is 6.38. The second-order valence-corrected chi connectivity index (χ2v) is 5.97. The highest BCUT2D eigenvalue weighted by molar-refractivity contribution is 7.91. The Balaban J connectivity index is 2.36. The Morgan fingerprint density at radius 1 is 1.21 bits per heavy atom. The number of nitrogen functional groups attached to an aromatic ring is 1. The largest absolute Gasteiger partial charge is 0.399 e. The van der Waals surface area contributed by atoms with Crippen molar-refractivity contribution >= 4 is 15.5 Å². The average molecular weight is 211 g/mol. The van der Waals surface area contributed by atoms with Gasteiger partial charge in [0.1, 0.15) is 0 Å². The van der Waals surface area contributed by atoms with Crippen LogP contribution in [-0.4, -0.2) is 14.2 Å². The van der Waals surface area contributed by atoms with Crippen LogP contribution in [0.25, 0.3) is 0 Å². The van der Waals surface area contributed by atoms with Gasteiger partial charge in [0.05, 0.1) is 11.0 Å². The zero-order valence-corrected chi connectivity index (χ0v) is 8.63. The average Bonchev–Trinajstić information content (AvgIpc) is 2.47. The Morgan fingerprint density at radius 2 is 1.86 bits per heavy atom. The van der Waals surface area contributed by atoms with E-state index >= 15 is 0 Å². The van der Waals surface area contributed by atoms with Crippen molar-refractivity contribution in [2.24, 2.45) is 0 Å². The van der Waals surface area contributed by atoms with Crippen molar-refractivity contribution in [2.45, 2.75) is 18.1 Å².